The smallest absolute Gasteiger partial charge is 0.356 e. The zero-order valence-electron chi connectivity index (χ0n) is 14.1. The summed E-state index contributed by atoms with van der Waals surface area (Å²) in [6.07, 6.45) is -0.727. The number of methoxy groups -OCH3 is 1. The number of hydrogen-bond acceptors (Lipinski definition) is 6. The maximum atomic E-state index is 11.6. The summed E-state index contributed by atoms with van der Waals surface area (Å²) in [5, 5.41) is 15.6. The molecule has 3 aromatic rings. The van der Waals surface area contributed by atoms with Crippen LogP contribution in [0.4, 0.5) is 5.95 Å². The first-order valence-corrected chi connectivity index (χ1v) is 7.91. The molecule has 0 aliphatic carbocycles. The SMILES string of the molecule is COC(=O)c1cc(C)nc(NCC(O)c2ccc3ccccc3c2)n1. The second kappa shape index (κ2) is 7.27. The third-order valence-electron chi connectivity index (χ3n) is 3.86. The monoisotopic (exact) mass is 337 g/mol. The van der Waals surface area contributed by atoms with Crippen LogP contribution in [0.5, 0.6) is 0 Å². The topological polar surface area (TPSA) is 84.3 Å². The molecule has 2 N–H and O–H groups in total. The number of fused-ring (bicyclic) bond motifs is 1. The predicted molar refractivity (Wildman–Crippen MR) is 95.5 cm³/mol. The summed E-state index contributed by atoms with van der Waals surface area (Å²) in [4.78, 5) is 19.9. The fourth-order valence-electron chi connectivity index (χ4n) is 2.58. The Kier molecular flexibility index (Phi) is 4.90. The molecule has 0 bridgehead atoms. The molecule has 0 spiro atoms. The number of nitrogens with one attached hydrogen (secondary N) is 1. The van der Waals surface area contributed by atoms with Crippen molar-refractivity contribution in [1.29, 1.82) is 0 Å². The van der Waals surface area contributed by atoms with Crippen molar-refractivity contribution in [3.8, 4) is 0 Å². The number of aliphatic hydroxyl groups is 1. The lowest BCUT2D eigenvalue weighted by atomic mass is 10.0. The Labute approximate surface area is 145 Å². The van der Waals surface area contributed by atoms with Gasteiger partial charge >= 0.3 is 5.97 Å². The van der Waals surface area contributed by atoms with Gasteiger partial charge in [-0.05, 0) is 35.4 Å². The Morgan fingerprint density at radius 3 is 2.68 bits per heavy atom. The van der Waals surface area contributed by atoms with Gasteiger partial charge in [-0.3, -0.25) is 0 Å². The highest BCUT2D eigenvalue weighted by Crippen LogP contribution is 2.20. The second-order valence-electron chi connectivity index (χ2n) is 5.71. The number of rotatable bonds is 5. The minimum atomic E-state index is -0.727. The average Bonchev–Trinajstić information content (AvgIpc) is 2.64. The van der Waals surface area contributed by atoms with E-state index in [1.807, 2.05) is 42.5 Å². The van der Waals surface area contributed by atoms with E-state index in [1.54, 1.807) is 13.0 Å². The Morgan fingerprint density at radius 2 is 1.92 bits per heavy atom. The van der Waals surface area contributed by atoms with E-state index in [9.17, 15) is 9.90 Å². The summed E-state index contributed by atoms with van der Waals surface area (Å²) in [5.41, 5.74) is 1.61. The fourth-order valence-corrected chi connectivity index (χ4v) is 2.58. The van der Waals surface area contributed by atoms with Crippen LogP contribution in [0.2, 0.25) is 0 Å². The lowest BCUT2D eigenvalue weighted by Gasteiger charge is -2.13. The van der Waals surface area contributed by atoms with E-state index in [1.165, 1.54) is 7.11 Å². The number of carbonyl (C=O) groups is 1. The molecule has 1 heterocycles. The maximum absolute atomic E-state index is 11.6. The van der Waals surface area contributed by atoms with Crippen molar-refractivity contribution >= 4 is 22.7 Å². The van der Waals surface area contributed by atoms with Gasteiger partial charge in [0.05, 0.1) is 13.2 Å². The molecular weight excluding hydrogens is 318 g/mol. The summed E-state index contributed by atoms with van der Waals surface area (Å²) in [5.74, 6) is -0.246. The molecule has 1 atom stereocenters. The molecule has 0 aliphatic heterocycles. The van der Waals surface area contributed by atoms with E-state index in [2.05, 4.69) is 20.0 Å². The third kappa shape index (κ3) is 3.92. The van der Waals surface area contributed by atoms with Crippen LogP contribution in [-0.4, -0.2) is 34.7 Å². The Balaban J connectivity index is 1.74. The summed E-state index contributed by atoms with van der Waals surface area (Å²) >= 11 is 0. The number of aryl methyl sites for hydroxylation is 1. The van der Waals surface area contributed by atoms with Crippen LogP contribution >= 0.6 is 0 Å². The standard InChI is InChI=1S/C19H19N3O3/c1-12-9-16(18(24)25-2)22-19(21-12)20-11-17(23)15-8-7-13-5-3-4-6-14(13)10-15/h3-10,17,23H,11H2,1-2H3,(H,20,21,22). The lowest BCUT2D eigenvalue weighted by Crippen LogP contribution is -2.16. The molecule has 1 unspecified atom stereocenters. The Morgan fingerprint density at radius 1 is 1.16 bits per heavy atom. The molecule has 0 aliphatic rings. The van der Waals surface area contributed by atoms with Crippen molar-refractivity contribution in [2.24, 2.45) is 0 Å². The van der Waals surface area contributed by atoms with Crippen molar-refractivity contribution in [3.63, 3.8) is 0 Å². The van der Waals surface area contributed by atoms with E-state index in [0.29, 0.717) is 5.69 Å². The first kappa shape index (κ1) is 16.9. The Hall–Kier alpha value is -2.99. The lowest BCUT2D eigenvalue weighted by molar-refractivity contribution is 0.0594. The minimum Gasteiger partial charge on any atom is -0.464 e. The average molecular weight is 337 g/mol. The molecule has 0 radical (unpaired) electrons. The summed E-state index contributed by atoms with van der Waals surface area (Å²) in [6, 6.07) is 15.4. The molecule has 3 rings (SSSR count). The van der Waals surface area contributed by atoms with Crippen LogP contribution in [0.3, 0.4) is 0 Å². The molecule has 25 heavy (non-hydrogen) atoms. The van der Waals surface area contributed by atoms with Gasteiger partial charge in [-0.2, -0.15) is 0 Å². The number of ether oxygens (including phenoxy) is 1. The van der Waals surface area contributed by atoms with E-state index >= 15 is 0 Å². The molecule has 0 saturated carbocycles. The number of nitrogens with zero attached hydrogens (tertiary/aromatic N) is 2. The van der Waals surface area contributed by atoms with Gasteiger partial charge in [-0.1, -0.05) is 36.4 Å². The van der Waals surface area contributed by atoms with E-state index in [4.69, 9.17) is 0 Å². The van der Waals surface area contributed by atoms with Gasteiger partial charge in [-0.25, -0.2) is 14.8 Å². The van der Waals surface area contributed by atoms with Crippen molar-refractivity contribution in [2.45, 2.75) is 13.0 Å². The maximum Gasteiger partial charge on any atom is 0.356 e. The number of aliphatic hydroxyl groups excluding tert-OH is 1. The normalized spacial score (nSPS) is 12.0. The largest absolute Gasteiger partial charge is 0.464 e. The van der Waals surface area contributed by atoms with Crippen LogP contribution in [-0.2, 0) is 4.74 Å². The number of benzene rings is 2. The van der Waals surface area contributed by atoms with E-state index in [0.717, 1.165) is 16.3 Å². The molecular formula is C19H19N3O3. The van der Waals surface area contributed by atoms with Crippen LogP contribution in [0.1, 0.15) is 27.8 Å². The molecule has 1 aromatic heterocycles. The molecule has 0 amide bonds. The van der Waals surface area contributed by atoms with Gasteiger partial charge in [0.1, 0.15) is 0 Å². The van der Waals surface area contributed by atoms with Crippen molar-refractivity contribution < 1.29 is 14.6 Å². The number of esters is 1. The van der Waals surface area contributed by atoms with Crippen molar-refractivity contribution in [2.75, 3.05) is 19.0 Å². The van der Waals surface area contributed by atoms with Crippen LogP contribution < -0.4 is 5.32 Å². The van der Waals surface area contributed by atoms with Gasteiger partial charge in [0.25, 0.3) is 0 Å². The van der Waals surface area contributed by atoms with Gasteiger partial charge in [0.2, 0.25) is 5.95 Å². The summed E-state index contributed by atoms with van der Waals surface area (Å²) in [7, 11) is 1.30. The number of aromatic nitrogens is 2. The highest BCUT2D eigenvalue weighted by Gasteiger charge is 2.13. The van der Waals surface area contributed by atoms with Gasteiger partial charge < -0.3 is 15.2 Å². The minimum absolute atomic E-state index is 0.178. The van der Waals surface area contributed by atoms with Crippen molar-refractivity contribution in [3.05, 3.63) is 65.5 Å². The highest BCUT2D eigenvalue weighted by molar-refractivity contribution is 5.87. The quantitative estimate of drug-likeness (QED) is 0.697. The molecule has 0 saturated heterocycles. The zero-order valence-corrected chi connectivity index (χ0v) is 14.1. The first-order valence-electron chi connectivity index (χ1n) is 7.91. The van der Waals surface area contributed by atoms with E-state index in [-0.39, 0.29) is 18.2 Å². The highest BCUT2D eigenvalue weighted by atomic mass is 16.5. The zero-order chi connectivity index (χ0) is 17.8. The Bertz CT molecular complexity index is 911. The summed E-state index contributed by atoms with van der Waals surface area (Å²) in [6.45, 7) is 1.99. The third-order valence-corrected chi connectivity index (χ3v) is 3.86. The summed E-state index contributed by atoms with van der Waals surface area (Å²) < 4.78 is 4.68. The van der Waals surface area contributed by atoms with Gasteiger partial charge in [0, 0.05) is 12.2 Å². The number of carbonyl (C=O) groups excluding carboxylic acids is 1. The molecule has 6 nitrogen and oxygen atoms in total. The van der Waals surface area contributed by atoms with Crippen LogP contribution in [0.15, 0.2) is 48.5 Å². The first-order chi connectivity index (χ1) is 12.1. The van der Waals surface area contributed by atoms with Gasteiger partial charge in [-0.15, -0.1) is 0 Å². The number of hydrogen-bond donors (Lipinski definition) is 2. The van der Waals surface area contributed by atoms with Crippen LogP contribution in [0, 0.1) is 6.92 Å². The predicted octanol–water partition coefficient (Wildman–Crippen LogP) is 2.87. The molecule has 0 fully saturated rings. The van der Waals surface area contributed by atoms with Crippen LogP contribution in [0.25, 0.3) is 10.8 Å². The molecule has 6 heteroatoms. The molecule has 128 valence electrons. The van der Waals surface area contributed by atoms with E-state index < -0.39 is 12.1 Å². The van der Waals surface area contributed by atoms with Crippen molar-refractivity contribution in [1.82, 2.24) is 9.97 Å². The fraction of sp³-hybridized carbons (Fsp3) is 0.211. The second-order valence-corrected chi connectivity index (χ2v) is 5.71. The number of anilines is 1. The van der Waals surface area contributed by atoms with Gasteiger partial charge in [0.15, 0.2) is 5.69 Å². The molecule has 2 aromatic carbocycles.